The molecule has 7 rings (SSSR count). The fraction of sp³-hybridized carbons (Fsp3) is 0.143. The molecule has 1 spiro atoms. The highest BCUT2D eigenvalue weighted by Gasteiger charge is 2.71. The summed E-state index contributed by atoms with van der Waals surface area (Å²) in [5, 5.41) is 0. The van der Waals surface area contributed by atoms with E-state index in [1.807, 2.05) is 35.2 Å². The number of halogens is 1. The van der Waals surface area contributed by atoms with Gasteiger partial charge in [0, 0.05) is 35.2 Å². The summed E-state index contributed by atoms with van der Waals surface area (Å²) in [6.07, 6.45) is 3.66. The number of anilines is 1. The maximum Gasteiger partial charge on any atom is 0.308 e. The van der Waals surface area contributed by atoms with Crippen molar-refractivity contribution in [3.05, 3.63) is 137 Å². The van der Waals surface area contributed by atoms with E-state index in [0.29, 0.717) is 5.69 Å². The van der Waals surface area contributed by atoms with Crippen LogP contribution in [0.4, 0.5) is 10.1 Å². The van der Waals surface area contributed by atoms with E-state index < -0.39 is 46.8 Å². The van der Waals surface area contributed by atoms with Crippen molar-refractivity contribution in [3.8, 4) is 5.75 Å². The Balaban J connectivity index is 1.50. The van der Waals surface area contributed by atoms with Crippen molar-refractivity contribution in [2.45, 2.75) is 24.9 Å². The van der Waals surface area contributed by atoms with Gasteiger partial charge in [-0.15, -0.1) is 0 Å². The van der Waals surface area contributed by atoms with Gasteiger partial charge in [-0.05, 0) is 47.5 Å². The van der Waals surface area contributed by atoms with Gasteiger partial charge < -0.3 is 9.64 Å². The standard InChI is InChI=1S/C35H24FNO5/c1-20(38)42-23-17-14-22(15-18-23)32(39)31-30(26-11-5-6-12-27(26)36)35(33(40)24-9-3-4-10-25(24)34(35)41)29-19-16-21-8-2-7-13-28(21)37(29)31/h2-19,29-31H,1H3/t29-,30+,31-/m1/s1. The topological polar surface area (TPSA) is 80.8 Å². The van der Waals surface area contributed by atoms with Crippen LogP contribution in [0.1, 0.15) is 55.0 Å². The van der Waals surface area contributed by atoms with Crippen molar-refractivity contribution in [1.29, 1.82) is 0 Å². The van der Waals surface area contributed by atoms with Crippen molar-refractivity contribution < 1.29 is 28.3 Å². The Morgan fingerprint density at radius 3 is 2.10 bits per heavy atom. The molecule has 0 unspecified atom stereocenters. The second kappa shape index (κ2) is 9.45. The van der Waals surface area contributed by atoms with Crippen molar-refractivity contribution in [2.75, 3.05) is 4.90 Å². The van der Waals surface area contributed by atoms with Gasteiger partial charge in [-0.1, -0.05) is 72.8 Å². The van der Waals surface area contributed by atoms with Crippen molar-refractivity contribution in [3.63, 3.8) is 0 Å². The number of carbonyl (C=O) groups is 4. The number of ketones is 3. The van der Waals surface area contributed by atoms with Crippen molar-refractivity contribution in [1.82, 2.24) is 0 Å². The lowest BCUT2D eigenvalue weighted by molar-refractivity contribution is -0.131. The van der Waals surface area contributed by atoms with Gasteiger partial charge in [0.2, 0.25) is 0 Å². The fourth-order valence-electron chi connectivity index (χ4n) is 7.01. The molecule has 0 N–H and O–H groups in total. The second-order valence-electron chi connectivity index (χ2n) is 10.8. The molecule has 2 aliphatic heterocycles. The summed E-state index contributed by atoms with van der Waals surface area (Å²) in [6, 6.07) is 24.3. The second-order valence-corrected chi connectivity index (χ2v) is 10.8. The number of para-hydroxylation sites is 1. The molecule has 1 saturated heterocycles. The van der Waals surface area contributed by atoms with E-state index in [1.165, 1.54) is 37.3 Å². The third-order valence-electron chi connectivity index (χ3n) is 8.62. The van der Waals surface area contributed by atoms with Crippen molar-refractivity contribution >= 4 is 35.1 Å². The molecular formula is C35H24FNO5. The highest BCUT2D eigenvalue weighted by Crippen LogP contribution is 2.61. The van der Waals surface area contributed by atoms with Crippen LogP contribution in [0.2, 0.25) is 0 Å². The van der Waals surface area contributed by atoms with Gasteiger partial charge in [0.15, 0.2) is 17.3 Å². The molecule has 4 aromatic rings. The quantitative estimate of drug-likeness (QED) is 0.131. The number of benzene rings is 4. The number of hydrogen-bond donors (Lipinski definition) is 0. The van der Waals surface area contributed by atoms with Gasteiger partial charge in [-0.2, -0.15) is 0 Å². The summed E-state index contributed by atoms with van der Waals surface area (Å²) in [7, 11) is 0. The van der Waals surface area contributed by atoms with Crippen LogP contribution in [-0.4, -0.2) is 35.4 Å². The highest BCUT2D eigenvalue weighted by molar-refractivity contribution is 6.32. The zero-order chi connectivity index (χ0) is 29.2. The molecular weight excluding hydrogens is 533 g/mol. The van der Waals surface area contributed by atoms with E-state index >= 15 is 4.39 Å². The SMILES string of the molecule is CC(=O)Oc1ccc(C(=O)[C@H]2[C@H](c3ccccc3F)C3(C(=O)c4ccccc4C3=O)[C@H]3C=Cc4ccccc4N23)cc1. The predicted molar refractivity (Wildman–Crippen MR) is 154 cm³/mol. The molecule has 206 valence electrons. The number of hydrogen-bond acceptors (Lipinski definition) is 6. The van der Waals surface area contributed by atoms with Gasteiger partial charge >= 0.3 is 5.97 Å². The Kier molecular flexibility index (Phi) is 5.80. The molecule has 42 heavy (non-hydrogen) atoms. The summed E-state index contributed by atoms with van der Waals surface area (Å²) >= 11 is 0. The van der Waals surface area contributed by atoms with Gasteiger partial charge in [-0.25, -0.2) is 4.39 Å². The van der Waals surface area contributed by atoms with Crippen LogP contribution in [0.25, 0.3) is 6.08 Å². The van der Waals surface area contributed by atoms with Crippen LogP contribution in [-0.2, 0) is 4.79 Å². The number of ether oxygens (including phenoxy) is 1. The number of carbonyl (C=O) groups excluding carboxylic acids is 4. The zero-order valence-corrected chi connectivity index (χ0v) is 22.5. The summed E-state index contributed by atoms with van der Waals surface area (Å²) in [5.74, 6) is -3.20. The van der Waals surface area contributed by atoms with Crippen LogP contribution >= 0.6 is 0 Å². The van der Waals surface area contributed by atoms with E-state index in [-0.39, 0.29) is 33.8 Å². The maximum absolute atomic E-state index is 15.8. The first-order valence-electron chi connectivity index (χ1n) is 13.7. The largest absolute Gasteiger partial charge is 0.427 e. The van der Waals surface area contributed by atoms with Crippen LogP contribution in [0, 0.1) is 11.2 Å². The first kappa shape index (κ1) is 25.8. The minimum Gasteiger partial charge on any atom is -0.427 e. The van der Waals surface area contributed by atoms with Gasteiger partial charge in [0.1, 0.15) is 23.0 Å². The summed E-state index contributed by atoms with van der Waals surface area (Å²) < 4.78 is 21.0. The Morgan fingerprint density at radius 2 is 1.43 bits per heavy atom. The number of fused-ring (bicyclic) bond motifs is 5. The summed E-state index contributed by atoms with van der Waals surface area (Å²) in [4.78, 5) is 57.1. The van der Waals surface area contributed by atoms with E-state index in [2.05, 4.69) is 0 Å². The Bertz CT molecular complexity index is 1810. The molecule has 6 nitrogen and oxygen atoms in total. The molecule has 0 aromatic heterocycles. The molecule has 4 aromatic carbocycles. The average Bonchev–Trinajstić information content (AvgIpc) is 3.43. The van der Waals surface area contributed by atoms with Crippen molar-refractivity contribution in [2.24, 2.45) is 5.41 Å². The molecule has 3 aliphatic rings. The van der Waals surface area contributed by atoms with Gasteiger partial charge in [0.25, 0.3) is 0 Å². The van der Waals surface area contributed by atoms with Crippen LogP contribution in [0.3, 0.4) is 0 Å². The minimum atomic E-state index is -1.78. The normalized spacial score (nSPS) is 21.2. The third-order valence-corrected chi connectivity index (χ3v) is 8.62. The summed E-state index contributed by atoms with van der Waals surface area (Å²) in [5.41, 5.74) is 0.655. The number of Topliss-reactive ketones (excluding diaryl/α,β-unsaturated/α-hetero) is 3. The highest BCUT2D eigenvalue weighted by atomic mass is 19.1. The lowest BCUT2D eigenvalue weighted by atomic mass is 9.64. The van der Waals surface area contributed by atoms with Gasteiger partial charge in [0.05, 0.1) is 6.04 Å². The van der Waals surface area contributed by atoms with E-state index in [4.69, 9.17) is 4.74 Å². The van der Waals surface area contributed by atoms with Crippen LogP contribution in [0.5, 0.6) is 5.75 Å². The molecule has 0 saturated carbocycles. The number of nitrogens with zero attached hydrogens (tertiary/aromatic N) is 1. The average molecular weight is 558 g/mol. The smallest absolute Gasteiger partial charge is 0.308 e. The molecule has 1 aliphatic carbocycles. The lowest BCUT2D eigenvalue weighted by Crippen LogP contribution is -2.48. The Hall–Kier alpha value is -5.17. The fourth-order valence-corrected chi connectivity index (χ4v) is 7.01. The predicted octanol–water partition coefficient (Wildman–Crippen LogP) is 6.07. The Morgan fingerprint density at radius 1 is 0.810 bits per heavy atom. The molecule has 0 radical (unpaired) electrons. The molecule has 3 atom stereocenters. The minimum absolute atomic E-state index is 0.127. The maximum atomic E-state index is 15.8. The lowest BCUT2D eigenvalue weighted by Gasteiger charge is -2.37. The molecule has 0 amide bonds. The number of rotatable bonds is 4. The van der Waals surface area contributed by atoms with E-state index in [1.54, 1.807) is 48.5 Å². The first-order valence-corrected chi connectivity index (χ1v) is 13.7. The number of esters is 1. The monoisotopic (exact) mass is 557 g/mol. The Labute approximate surface area is 241 Å². The molecule has 0 bridgehead atoms. The van der Waals surface area contributed by atoms with Gasteiger partial charge in [-0.3, -0.25) is 19.2 Å². The van der Waals surface area contributed by atoms with E-state index in [0.717, 1.165) is 5.56 Å². The first-order chi connectivity index (χ1) is 20.3. The third kappa shape index (κ3) is 3.49. The van der Waals surface area contributed by atoms with Crippen LogP contribution < -0.4 is 9.64 Å². The molecule has 7 heteroatoms. The zero-order valence-electron chi connectivity index (χ0n) is 22.5. The van der Waals surface area contributed by atoms with E-state index in [9.17, 15) is 19.2 Å². The summed E-state index contributed by atoms with van der Waals surface area (Å²) in [6.45, 7) is 1.28. The molecule has 1 fully saturated rings. The van der Waals surface area contributed by atoms with Crippen LogP contribution in [0.15, 0.2) is 103 Å². The molecule has 2 heterocycles.